The first kappa shape index (κ1) is 18.5. The second-order valence-corrected chi connectivity index (χ2v) is 4.94. The summed E-state index contributed by atoms with van der Waals surface area (Å²) < 4.78 is 4.84. The Bertz CT molecular complexity index is 370. The summed E-state index contributed by atoms with van der Waals surface area (Å²) >= 11 is 0. The summed E-state index contributed by atoms with van der Waals surface area (Å²) in [5.41, 5.74) is -1.86. The van der Waals surface area contributed by atoms with Crippen LogP contribution in [0.4, 0.5) is 0 Å². The standard InChI is InChI=1S/C15H24O5/c1-5-7-9-15(11(3)16,12(4)17)13(18)14(19)20-10-8-6-2/h5-10H2,1-4H3. The summed E-state index contributed by atoms with van der Waals surface area (Å²) in [4.78, 5) is 47.7. The molecule has 0 aliphatic heterocycles. The first-order valence-corrected chi connectivity index (χ1v) is 7.08. The van der Waals surface area contributed by atoms with E-state index in [4.69, 9.17) is 4.74 Å². The van der Waals surface area contributed by atoms with Crippen LogP contribution >= 0.6 is 0 Å². The molecule has 0 fully saturated rings. The van der Waals surface area contributed by atoms with Crippen molar-refractivity contribution in [1.82, 2.24) is 0 Å². The molecular formula is C15H24O5. The van der Waals surface area contributed by atoms with E-state index in [-0.39, 0.29) is 13.0 Å². The van der Waals surface area contributed by atoms with Crippen molar-refractivity contribution >= 4 is 23.3 Å². The Labute approximate surface area is 120 Å². The lowest BCUT2D eigenvalue weighted by Gasteiger charge is -2.25. The lowest BCUT2D eigenvalue weighted by Crippen LogP contribution is -2.48. The Hall–Kier alpha value is -1.52. The first-order chi connectivity index (χ1) is 9.34. The maximum Gasteiger partial charge on any atom is 0.376 e. The third kappa shape index (κ3) is 4.25. The van der Waals surface area contributed by atoms with Crippen LogP contribution in [0.25, 0.3) is 0 Å². The van der Waals surface area contributed by atoms with E-state index in [0.29, 0.717) is 12.8 Å². The molecule has 5 heteroatoms. The van der Waals surface area contributed by atoms with Gasteiger partial charge in [0, 0.05) is 0 Å². The van der Waals surface area contributed by atoms with E-state index in [1.165, 1.54) is 13.8 Å². The molecule has 20 heavy (non-hydrogen) atoms. The zero-order chi connectivity index (χ0) is 15.8. The Morgan fingerprint density at radius 2 is 1.40 bits per heavy atom. The molecule has 0 aromatic carbocycles. The summed E-state index contributed by atoms with van der Waals surface area (Å²) in [6.45, 7) is 6.28. The number of carbonyl (C=O) groups excluding carboxylic acids is 4. The van der Waals surface area contributed by atoms with Crippen molar-refractivity contribution < 1.29 is 23.9 Å². The minimum absolute atomic E-state index is 0.0654. The normalized spacial score (nSPS) is 11.0. The predicted molar refractivity (Wildman–Crippen MR) is 74.2 cm³/mol. The van der Waals surface area contributed by atoms with Crippen molar-refractivity contribution in [2.75, 3.05) is 6.61 Å². The third-order valence-electron chi connectivity index (χ3n) is 3.41. The number of ether oxygens (including phenoxy) is 1. The van der Waals surface area contributed by atoms with Crippen LogP contribution in [0.2, 0.25) is 0 Å². The Morgan fingerprint density at radius 3 is 1.80 bits per heavy atom. The van der Waals surface area contributed by atoms with Gasteiger partial charge < -0.3 is 4.74 Å². The summed E-state index contributed by atoms with van der Waals surface area (Å²) in [6.07, 6.45) is 2.77. The Morgan fingerprint density at radius 1 is 0.900 bits per heavy atom. The average Bonchev–Trinajstić information content (AvgIpc) is 2.38. The molecule has 0 heterocycles. The molecule has 0 aromatic heterocycles. The molecule has 0 amide bonds. The number of hydrogen-bond donors (Lipinski definition) is 0. The molecule has 0 aliphatic rings. The van der Waals surface area contributed by atoms with E-state index >= 15 is 0 Å². The van der Waals surface area contributed by atoms with Crippen molar-refractivity contribution in [3.05, 3.63) is 0 Å². The molecule has 0 N–H and O–H groups in total. The summed E-state index contributed by atoms with van der Waals surface area (Å²) in [7, 11) is 0. The number of rotatable bonds is 10. The van der Waals surface area contributed by atoms with Gasteiger partial charge in [0.15, 0.2) is 17.0 Å². The van der Waals surface area contributed by atoms with Crippen molar-refractivity contribution in [1.29, 1.82) is 0 Å². The maximum atomic E-state index is 12.2. The van der Waals surface area contributed by atoms with E-state index in [9.17, 15) is 19.2 Å². The first-order valence-electron chi connectivity index (χ1n) is 7.08. The highest BCUT2D eigenvalue weighted by Gasteiger charge is 2.50. The third-order valence-corrected chi connectivity index (χ3v) is 3.41. The zero-order valence-corrected chi connectivity index (χ0v) is 12.8. The van der Waals surface area contributed by atoms with Crippen LogP contribution in [0.15, 0.2) is 0 Å². The van der Waals surface area contributed by atoms with Crippen molar-refractivity contribution in [3.8, 4) is 0 Å². The fraction of sp³-hybridized carbons (Fsp3) is 0.733. The van der Waals surface area contributed by atoms with E-state index in [0.717, 1.165) is 12.8 Å². The smallest absolute Gasteiger partial charge is 0.376 e. The largest absolute Gasteiger partial charge is 0.460 e. The van der Waals surface area contributed by atoms with Gasteiger partial charge in [-0.3, -0.25) is 14.4 Å². The number of carbonyl (C=O) groups is 4. The van der Waals surface area contributed by atoms with Crippen LogP contribution in [0.3, 0.4) is 0 Å². The van der Waals surface area contributed by atoms with Gasteiger partial charge in [0.25, 0.3) is 5.78 Å². The van der Waals surface area contributed by atoms with Gasteiger partial charge >= 0.3 is 5.97 Å². The van der Waals surface area contributed by atoms with Gasteiger partial charge in [-0.05, 0) is 26.7 Å². The predicted octanol–water partition coefficient (Wildman–Crippen LogP) is 2.25. The van der Waals surface area contributed by atoms with E-state index in [2.05, 4.69) is 0 Å². The lowest BCUT2D eigenvalue weighted by atomic mass is 9.72. The molecular weight excluding hydrogens is 260 g/mol. The average molecular weight is 284 g/mol. The molecule has 5 nitrogen and oxygen atoms in total. The van der Waals surface area contributed by atoms with Crippen molar-refractivity contribution in [3.63, 3.8) is 0 Å². The molecule has 0 atom stereocenters. The van der Waals surface area contributed by atoms with Crippen LogP contribution in [0.1, 0.15) is 59.8 Å². The highest BCUT2D eigenvalue weighted by atomic mass is 16.5. The van der Waals surface area contributed by atoms with Gasteiger partial charge in [0.1, 0.15) is 0 Å². The van der Waals surface area contributed by atoms with Gasteiger partial charge in [-0.1, -0.05) is 33.1 Å². The Kier molecular flexibility index (Phi) is 7.96. The van der Waals surface area contributed by atoms with Crippen LogP contribution < -0.4 is 0 Å². The maximum absolute atomic E-state index is 12.2. The molecule has 0 saturated heterocycles. The molecule has 0 unspecified atom stereocenters. The van der Waals surface area contributed by atoms with Gasteiger partial charge in [-0.25, -0.2) is 4.79 Å². The van der Waals surface area contributed by atoms with Crippen LogP contribution in [0.5, 0.6) is 0 Å². The Balaban J connectivity index is 5.19. The topological polar surface area (TPSA) is 77.5 Å². The summed E-state index contributed by atoms with van der Waals surface area (Å²) in [5.74, 6) is -3.28. The highest BCUT2D eigenvalue weighted by Crippen LogP contribution is 2.29. The number of Topliss-reactive ketones (excluding diaryl/α,β-unsaturated/α-hetero) is 3. The second-order valence-electron chi connectivity index (χ2n) is 4.94. The molecule has 114 valence electrons. The summed E-state index contributed by atoms with van der Waals surface area (Å²) in [6, 6.07) is 0. The van der Waals surface area contributed by atoms with E-state index in [1.54, 1.807) is 0 Å². The van der Waals surface area contributed by atoms with Gasteiger partial charge in [-0.15, -0.1) is 0 Å². The van der Waals surface area contributed by atoms with Crippen LogP contribution in [-0.2, 0) is 23.9 Å². The SMILES string of the molecule is CCCCOC(=O)C(=O)C(CCCC)(C(C)=O)C(C)=O. The lowest BCUT2D eigenvalue weighted by molar-refractivity contribution is -0.163. The minimum atomic E-state index is -1.86. The molecule has 0 aromatic rings. The number of unbranched alkanes of at least 4 members (excludes halogenated alkanes) is 2. The van der Waals surface area contributed by atoms with Crippen LogP contribution in [-0.4, -0.2) is 29.9 Å². The number of esters is 1. The molecule has 0 bridgehead atoms. The summed E-state index contributed by atoms with van der Waals surface area (Å²) in [5, 5.41) is 0. The van der Waals surface area contributed by atoms with E-state index < -0.39 is 28.7 Å². The van der Waals surface area contributed by atoms with Crippen molar-refractivity contribution in [2.45, 2.75) is 59.8 Å². The van der Waals surface area contributed by atoms with Gasteiger partial charge in [0.2, 0.25) is 0 Å². The zero-order valence-electron chi connectivity index (χ0n) is 12.8. The monoisotopic (exact) mass is 284 g/mol. The number of hydrogen-bond acceptors (Lipinski definition) is 5. The highest BCUT2D eigenvalue weighted by molar-refractivity contribution is 6.46. The van der Waals surface area contributed by atoms with Crippen LogP contribution in [0, 0.1) is 5.41 Å². The molecule has 0 rings (SSSR count). The molecule has 0 radical (unpaired) electrons. The number of ketones is 3. The molecule has 0 aliphatic carbocycles. The second kappa shape index (κ2) is 8.61. The van der Waals surface area contributed by atoms with Gasteiger partial charge in [-0.2, -0.15) is 0 Å². The fourth-order valence-electron chi connectivity index (χ4n) is 2.02. The minimum Gasteiger partial charge on any atom is -0.460 e. The van der Waals surface area contributed by atoms with E-state index in [1.807, 2.05) is 13.8 Å². The molecule has 0 saturated carbocycles. The molecule has 0 spiro atoms. The van der Waals surface area contributed by atoms with Gasteiger partial charge in [0.05, 0.1) is 6.61 Å². The quantitative estimate of drug-likeness (QED) is 0.266. The fourth-order valence-corrected chi connectivity index (χ4v) is 2.02. The van der Waals surface area contributed by atoms with Crippen molar-refractivity contribution in [2.24, 2.45) is 5.41 Å².